The van der Waals surface area contributed by atoms with Crippen molar-refractivity contribution < 1.29 is 8.42 Å². The van der Waals surface area contributed by atoms with Gasteiger partial charge in [-0.3, -0.25) is 4.99 Å². The average molecular weight is 388 g/mol. The molecule has 1 atom stereocenters. The second kappa shape index (κ2) is 10.1. The molecule has 0 saturated heterocycles. The molecule has 5 nitrogen and oxygen atoms in total. The summed E-state index contributed by atoms with van der Waals surface area (Å²) in [7, 11) is -3.14. The normalized spacial score (nSPS) is 13.2. The van der Waals surface area contributed by atoms with Gasteiger partial charge in [0.2, 0.25) is 0 Å². The lowest BCUT2D eigenvalue weighted by Crippen LogP contribution is -2.38. The zero-order valence-electron chi connectivity index (χ0n) is 16.3. The van der Waals surface area contributed by atoms with E-state index in [0.717, 1.165) is 31.0 Å². The standard InChI is InChI=1S/C21H29N3O2S/c1-4-22-21(24-16-17(2)19-8-6-5-7-9-19)23-15-14-18-10-12-20(13-11-18)27(3,25)26/h5-13,17H,4,14-16H2,1-3H3,(H2,22,23,24). The lowest BCUT2D eigenvalue weighted by Gasteiger charge is -2.14. The molecule has 0 aliphatic carbocycles. The van der Waals surface area contributed by atoms with Crippen molar-refractivity contribution in [1.82, 2.24) is 10.6 Å². The van der Waals surface area contributed by atoms with Crippen LogP contribution < -0.4 is 10.6 Å². The van der Waals surface area contributed by atoms with Crippen molar-refractivity contribution in [1.29, 1.82) is 0 Å². The van der Waals surface area contributed by atoms with Gasteiger partial charge in [0.25, 0.3) is 0 Å². The van der Waals surface area contributed by atoms with Crippen LogP contribution in [0.1, 0.15) is 30.9 Å². The maximum Gasteiger partial charge on any atom is 0.191 e. The van der Waals surface area contributed by atoms with Gasteiger partial charge in [-0.25, -0.2) is 8.42 Å². The van der Waals surface area contributed by atoms with Crippen LogP contribution in [0.4, 0.5) is 0 Å². The van der Waals surface area contributed by atoms with Gasteiger partial charge >= 0.3 is 0 Å². The van der Waals surface area contributed by atoms with Crippen molar-refractivity contribution in [3.05, 3.63) is 65.7 Å². The number of hydrogen-bond donors (Lipinski definition) is 2. The summed E-state index contributed by atoms with van der Waals surface area (Å²) in [6.45, 7) is 6.45. The summed E-state index contributed by atoms with van der Waals surface area (Å²) >= 11 is 0. The number of sulfone groups is 1. The summed E-state index contributed by atoms with van der Waals surface area (Å²) in [5, 5.41) is 6.61. The highest BCUT2D eigenvalue weighted by Crippen LogP contribution is 2.14. The third kappa shape index (κ3) is 7.06. The van der Waals surface area contributed by atoms with Crippen LogP contribution in [-0.2, 0) is 16.3 Å². The Morgan fingerprint density at radius 3 is 2.30 bits per heavy atom. The summed E-state index contributed by atoms with van der Waals surface area (Å²) in [6, 6.07) is 17.4. The van der Waals surface area contributed by atoms with Gasteiger partial charge in [-0.15, -0.1) is 0 Å². The van der Waals surface area contributed by atoms with E-state index < -0.39 is 9.84 Å². The van der Waals surface area contributed by atoms with Crippen LogP contribution in [0.3, 0.4) is 0 Å². The fourth-order valence-electron chi connectivity index (χ4n) is 2.69. The fourth-order valence-corrected chi connectivity index (χ4v) is 3.32. The molecule has 0 saturated carbocycles. The Hall–Kier alpha value is -2.34. The van der Waals surface area contributed by atoms with Crippen molar-refractivity contribution in [2.24, 2.45) is 4.99 Å². The Kier molecular flexibility index (Phi) is 7.85. The number of rotatable bonds is 8. The summed E-state index contributed by atoms with van der Waals surface area (Å²) in [5.74, 6) is 1.15. The first-order valence-electron chi connectivity index (χ1n) is 9.26. The first-order chi connectivity index (χ1) is 12.9. The van der Waals surface area contributed by atoms with Crippen molar-refractivity contribution in [2.45, 2.75) is 31.1 Å². The Morgan fingerprint density at radius 1 is 1.04 bits per heavy atom. The molecule has 0 aliphatic heterocycles. The molecule has 146 valence electrons. The minimum atomic E-state index is -3.14. The van der Waals surface area contributed by atoms with Crippen molar-refractivity contribution in [2.75, 3.05) is 25.9 Å². The molecule has 0 aromatic heterocycles. The number of hydrogen-bond acceptors (Lipinski definition) is 3. The van der Waals surface area contributed by atoms with Crippen LogP contribution in [0, 0.1) is 0 Å². The van der Waals surface area contributed by atoms with E-state index in [-0.39, 0.29) is 0 Å². The molecule has 0 bridgehead atoms. The molecule has 0 heterocycles. The molecule has 0 fully saturated rings. The Labute approximate surface area is 162 Å². The highest BCUT2D eigenvalue weighted by Gasteiger charge is 2.07. The first kappa shape index (κ1) is 21.0. The Bertz CT molecular complexity index is 831. The minimum absolute atomic E-state index is 0.351. The van der Waals surface area contributed by atoms with Gasteiger partial charge in [0, 0.05) is 31.8 Å². The fraction of sp³-hybridized carbons (Fsp3) is 0.381. The lowest BCUT2D eigenvalue weighted by molar-refractivity contribution is 0.602. The second-order valence-corrected chi connectivity index (χ2v) is 8.64. The summed E-state index contributed by atoms with van der Waals surface area (Å²) in [5.41, 5.74) is 2.37. The summed E-state index contributed by atoms with van der Waals surface area (Å²) < 4.78 is 23.0. The van der Waals surface area contributed by atoms with Crippen LogP contribution in [0.15, 0.2) is 64.5 Å². The SMILES string of the molecule is CCNC(=NCC(C)c1ccccc1)NCCc1ccc(S(C)(=O)=O)cc1. The van der Waals surface area contributed by atoms with Gasteiger partial charge in [-0.1, -0.05) is 49.4 Å². The molecule has 0 amide bonds. The topological polar surface area (TPSA) is 70.6 Å². The minimum Gasteiger partial charge on any atom is -0.357 e. The Balaban J connectivity index is 1.88. The van der Waals surface area contributed by atoms with E-state index in [1.807, 2.05) is 37.3 Å². The zero-order chi connectivity index (χ0) is 19.7. The monoisotopic (exact) mass is 387 g/mol. The third-order valence-corrected chi connectivity index (χ3v) is 5.42. The van der Waals surface area contributed by atoms with Crippen LogP contribution >= 0.6 is 0 Å². The predicted octanol–water partition coefficient (Wildman–Crippen LogP) is 2.99. The molecular weight excluding hydrogens is 358 g/mol. The predicted molar refractivity (Wildman–Crippen MR) is 112 cm³/mol. The van der Waals surface area contributed by atoms with Gasteiger partial charge < -0.3 is 10.6 Å². The van der Waals surface area contributed by atoms with E-state index >= 15 is 0 Å². The van der Waals surface area contributed by atoms with Crippen molar-refractivity contribution >= 4 is 15.8 Å². The van der Waals surface area contributed by atoms with E-state index in [4.69, 9.17) is 0 Å². The summed E-state index contributed by atoms with van der Waals surface area (Å²) in [6.07, 6.45) is 2.02. The van der Waals surface area contributed by atoms with E-state index in [1.54, 1.807) is 12.1 Å². The van der Waals surface area contributed by atoms with Gasteiger partial charge in [-0.05, 0) is 36.6 Å². The van der Waals surface area contributed by atoms with E-state index in [9.17, 15) is 8.42 Å². The molecule has 1 unspecified atom stereocenters. The summed E-state index contributed by atoms with van der Waals surface area (Å²) in [4.78, 5) is 5.03. The Morgan fingerprint density at radius 2 is 1.70 bits per heavy atom. The quantitative estimate of drug-likeness (QED) is 0.540. The van der Waals surface area contributed by atoms with Crippen LogP contribution in [0.25, 0.3) is 0 Å². The lowest BCUT2D eigenvalue weighted by atomic mass is 10.0. The first-order valence-corrected chi connectivity index (χ1v) is 11.2. The van der Waals surface area contributed by atoms with Crippen molar-refractivity contribution in [3.8, 4) is 0 Å². The van der Waals surface area contributed by atoms with Crippen molar-refractivity contribution in [3.63, 3.8) is 0 Å². The molecule has 2 aromatic rings. The van der Waals surface area contributed by atoms with E-state index in [1.165, 1.54) is 11.8 Å². The molecular formula is C21H29N3O2S. The largest absolute Gasteiger partial charge is 0.357 e. The second-order valence-electron chi connectivity index (χ2n) is 6.62. The smallest absolute Gasteiger partial charge is 0.191 e. The number of nitrogens with one attached hydrogen (secondary N) is 2. The number of guanidine groups is 1. The number of aliphatic imine (C=N–C) groups is 1. The van der Waals surface area contributed by atoms with E-state index in [2.05, 4.69) is 34.7 Å². The molecule has 27 heavy (non-hydrogen) atoms. The van der Waals surface area contributed by atoms with E-state index in [0.29, 0.717) is 17.4 Å². The molecule has 0 spiro atoms. The van der Waals surface area contributed by atoms with Gasteiger partial charge in [0.15, 0.2) is 15.8 Å². The maximum absolute atomic E-state index is 11.5. The van der Waals surface area contributed by atoms with Gasteiger partial charge in [0.1, 0.15) is 0 Å². The molecule has 2 N–H and O–H groups in total. The third-order valence-electron chi connectivity index (χ3n) is 4.29. The highest BCUT2D eigenvalue weighted by atomic mass is 32.2. The van der Waals surface area contributed by atoms with Crippen LogP contribution in [0.5, 0.6) is 0 Å². The number of benzene rings is 2. The highest BCUT2D eigenvalue weighted by molar-refractivity contribution is 7.90. The zero-order valence-corrected chi connectivity index (χ0v) is 17.1. The number of nitrogens with zero attached hydrogens (tertiary/aromatic N) is 1. The molecule has 0 radical (unpaired) electrons. The van der Waals surface area contributed by atoms with Gasteiger partial charge in [0.05, 0.1) is 4.90 Å². The molecule has 6 heteroatoms. The molecule has 2 aromatic carbocycles. The molecule has 0 aliphatic rings. The van der Waals surface area contributed by atoms with Crippen LogP contribution in [-0.4, -0.2) is 40.3 Å². The van der Waals surface area contributed by atoms with Gasteiger partial charge in [-0.2, -0.15) is 0 Å². The van der Waals surface area contributed by atoms with Crippen LogP contribution in [0.2, 0.25) is 0 Å². The maximum atomic E-state index is 11.5. The average Bonchev–Trinajstić information content (AvgIpc) is 2.66. The molecule has 2 rings (SSSR count).